The minimum absolute atomic E-state index is 0.0531. The monoisotopic (exact) mass is 240 g/mol. The van der Waals surface area contributed by atoms with Gasteiger partial charge in [0.2, 0.25) is 0 Å². The first-order valence-corrected chi connectivity index (χ1v) is 6.20. The van der Waals surface area contributed by atoms with Gasteiger partial charge in [0.25, 0.3) is 0 Å². The molecule has 1 N–H and O–H groups in total. The van der Waals surface area contributed by atoms with Crippen LogP contribution in [0.5, 0.6) is 0 Å². The van der Waals surface area contributed by atoms with Gasteiger partial charge in [0, 0.05) is 0 Å². The van der Waals surface area contributed by atoms with Gasteiger partial charge in [-0.25, -0.2) is 8.78 Å². The molecule has 1 nitrogen and oxygen atoms in total. The van der Waals surface area contributed by atoms with Gasteiger partial charge in [-0.15, -0.1) is 0 Å². The highest BCUT2D eigenvalue weighted by Gasteiger charge is 2.38. The molecule has 0 aliphatic heterocycles. The quantitative estimate of drug-likeness (QED) is 0.834. The van der Waals surface area contributed by atoms with Crippen LogP contribution in [0.3, 0.4) is 0 Å². The van der Waals surface area contributed by atoms with Gasteiger partial charge < -0.3 is 5.11 Å². The lowest BCUT2D eigenvalue weighted by Gasteiger charge is -2.36. The second-order valence-electron chi connectivity index (χ2n) is 5.08. The highest BCUT2D eigenvalue weighted by molar-refractivity contribution is 5.26. The van der Waals surface area contributed by atoms with Crippen LogP contribution in [0, 0.1) is 17.6 Å². The molecular weight excluding hydrogens is 222 g/mol. The normalized spacial score (nSPS) is 21.2. The second-order valence-corrected chi connectivity index (χ2v) is 5.08. The Bertz CT molecular complexity index is 375. The predicted octanol–water partition coefficient (Wildman–Crippen LogP) is 3.75. The molecule has 0 heterocycles. The molecule has 1 unspecified atom stereocenters. The van der Waals surface area contributed by atoms with Crippen molar-refractivity contribution >= 4 is 0 Å². The molecule has 2 rings (SSSR count). The minimum atomic E-state index is -1.41. The van der Waals surface area contributed by atoms with E-state index in [0.29, 0.717) is 0 Å². The Balaban J connectivity index is 2.36. The van der Waals surface area contributed by atoms with E-state index in [4.69, 9.17) is 0 Å². The molecule has 1 fully saturated rings. The zero-order chi connectivity index (χ0) is 12.5. The van der Waals surface area contributed by atoms with E-state index in [1.54, 1.807) is 0 Å². The molecule has 0 spiro atoms. The Labute approximate surface area is 100 Å². The smallest absolute Gasteiger partial charge is 0.132 e. The van der Waals surface area contributed by atoms with E-state index in [9.17, 15) is 13.9 Å². The first-order valence-electron chi connectivity index (χ1n) is 6.20. The van der Waals surface area contributed by atoms with Gasteiger partial charge in [0.15, 0.2) is 0 Å². The van der Waals surface area contributed by atoms with Crippen molar-refractivity contribution in [3.8, 4) is 0 Å². The molecule has 1 aromatic rings. The lowest BCUT2D eigenvalue weighted by Crippen LogP contribution is -2.35. The van der Waals surface area contributed by atoms with Gasteiger partial charge in [0.05, 0.1) is 11.2 Å². The largest absolute Gasteiger partial charge is 0.385 e. The topological polar surface area (TPSA) is 20.2 Å². The maximum absolute atomic E-state index is 13.7. The molecule has 1 aromatic carbocycles. The number of hydrogen-bond acceptors (Lipinski definition) is 1. The lowest BCUT2D eigenvalue weighted by atomic mass is 9.74. The van der Waals surface area contributed by atoms with Crippen LogP contribution < -0.4 is 0 Å². The van der Waals surface area contributed by atoms with E-state index >= 15 is 0 Å². The molecule has 0 radical (unpaired) electrons. The maximum Gasteiger partial charge on any atom is 0.132 e. The third-order valence-corrected chi connectivity index (χ3v) is 3.87. The van der Waals surface area contributed by atoms with Gasteiger partial charge in [-0.1, -0.05) is 25.3 Å². The van der Waals surface area contributed by atoms with Gasteiger partial charge in [-0.2, -0.15) is 0 Å². The molecule has 3 heteroatoms. The lowest BCUT2D eigenvalue weighted by molar-refractivity contribution is -0.0272. The van der Waals surface area contributed by atoms with E-state index in [0.717, 1.165) is 32.1 Å². The van der Waals surface area contributed by atoms with Crippen LogP contribution in [0.2, 0.25) is 0 Å². The van der Waals surface area contributed by atoms with Gasteiger partial charge in [-0.3, -0.25) is 0 Å². The predicted molar refractivity (Wildman–Crippen MR) is 62.5 cm³/mol. The minimum Gasteiger partial charge on any atom is -0.385 e. The molecule has 0 bridgehead atoms. The van der Waals surface area contributed by atoms with Crippen LogP contribution >= 0.6 is 0 Å². The summed E-state index contributed by atoms with van der Waals surface area (Å²) in [4.78, 5) is 0. The van der Waals surface area contributed by atoms with Crippen LogP contribution in [0.1, 0.15) is 44.6 Å². The average Bonchev–Trinajstić information content (AvgIpc) is 2.29. The molecule has 0 amide bonds. The second kappa shape index (κ2) is 4.73. The molecule has 1 aliphatic rings. The summed E-state index contributed by atoms with van der Waals surface area (Å²) in [5.41, 5.74) is -1.58. The molecule has 0 aromatic heterocycles. The number of halogens is 2. The Morgan fingerprint density at radius 2 is 1.65 bits per heavy atom. The summed E-state index contributed by atoms with van der Waals surface area (Å²) in [7, 11) is 0. The molecule has 1 atom stereocenters. The first-order chi connectivity index (χ1) is 8.03. The highest BCUT2D eigenvalue weighted by Crippen LogP contribution is 2.40. The molecule has 1 saturated carbocycles. The van der Waals surface area contributed by atoms with E-state index in [-0.39, 0.29) is 11.5 Å². The van der Waals surface area contributed by atoms with E-state index < -0.39 is 17.2 Å². The van der Waals surface area contributed by atoms with Crippen LogP contribution in [0.4, 0.5) is 8.78 Å². The fraction of sp³-hybridized carbons (Fsp3) is 0.571. The number of aliphatic hydroxyl groups is 1. The van der Waals surface area contributed by atoms with Crippen molar-refractivity contribution < 1.29 is 13.9 Å². The van der Waals surface area contributed by atoms with Crippen molar-refractivity contribution in [2.75, 3.05) is 0 Å². The van der Waals surface area contributed by atoms with Crippen LogP contribution in [0.15, 0.2) is 18.2 Å². The van der Waals surface area contributed by atoms with Crippen molar-refractivity contribution in [1.29, 1.82) is 0 Å². The van der Waals surface area contributed by atoms with Crippen molar-refractivity contribution in [2.24, 2.45) is 5.92 Å². The average molecular weight is 240 g/mol. The first kappa shape index (κ1) is 12.5. The Morgan fingerprint density at radius 3 is 2.18 bits per heavy atom. The third-order valence-electron chi connectivity index (χ3n) is 3.87. The molecule has 94 valence electrons. The van der Waals surface area contributed by atoms with Crippen LogP contribution in [-0.2, 0) is 5.60 Å². The van der Waals surface area contributed by atoms with Gasteiger partial charge in [-0.05, 0) is 37.8 Å². The molecular formula is C14H18F2O. The summed E-state index contributed by atoms with van der Waals surface area (Å²) >= 11 is 0. The summed E-state index contributed by atoms with van der Waals surface area (Å²) in [5, 5.41) is 10.5. The Morgan fingerprint density at radius 1 is 1.12 bits per heavy atom. The highest BCUT2D eigenvalue weighted by atomic mass is 19.1. The molecule has 0 saturated heterocycles. The third kappa shape index (κ3) is 2.34. The zero-order valence-electron chi connectivity index (χ0n) is 10.0. The fourth-order valence-electron chi connectivity index (χ4n) is 2.85. The fourth-order valence-corrected chi connectivity index (χ4v) is 2.85. The van der Waals surface area contributed by atoms with Crippen molar-refractivity contribution in [1.82, 2.24) is 0 Å². The summed E-state index contributed by atoms with van der Waals surface area (Å²) in [6.07, 6.45) is 4.86. The summed E-state index contributed by atoms with van der Waals surface area (Å²) in [6, 6.07) is 3.73. The number of hydrogen-bond donors (Lipinski definition) is 1. The van der Waals surface area contributed by atoms with Crippen molar-refractivity contribution in [2.45, 2.75) is 44.6 Å². The molecule has 17 heavy (non-hydrogen) atoms. The maximum atomic E-state index is 13.7. The Kier molecular flexibility index (Phi) is 3.48. The Hall–Kier alpha value is -0.960. The van der Waals surface area contributed by atoms with Gasteiger partial charge in [0.1, 0.15) is 11.6 Å². The van der Waals surface area contributed by atoms with E-state index in [1.807, 2.05) is 0 Å². The summed E-state index contributed by atoms with van der Waals surface area (Å²) in [5.74, 6) is -1.36. The van der Waals surface area contributed by atoms with Crippen LogP contribution in [0.25, 0.3) is 0 Å². The van der Waals surface area contributed by atoms with Gasteiger partial charge >= 0.3 is 0 Å². The standard InChI is InChI=1S/C14H18F2O/c1-14(17,10-6-3-2-4-7-10)13-11(15)8-5-9-12(13)16/h5,8-10,17H,2-4,6-7H2,1H3. The SMILES string of the molecule is CC(O)(c1c(F)cccc1F)C1CCCCC1. The van der Waals surface area contributed by atoms with E-state index in [1.165, 1.54) is 25.1 Å². The van der Waals surface area contributed by atoms with E-state index in [2.05, 4.69) is 0 Å². The summed E-state index contributed by atoms with van der Waals surface area (Å²) in [6.45, 7) is 1.53. The number of rotatable bonds is 2. The van der Waals surface area contributed by atoms with Crippen molar-refractivity contribution in [3.63, 3.8) is 0 Å². The zero-order valence-corrected chi connectivity index (χ0v) is 10.0. The van der Waals surface area contributed by atoms with Crippen LogP contribution in [-0.4, -0.2) is 5.11 Å². The van der Waals surface area contributed by atoms with Crippen molar-refractivity contribution in [3.05, 3.63) is 35.4 Å². The summed E-state index contributed by atoms with van der Waals surface area (Å²) < 4.78 is 27.4. The molecule has 1 aliphatic carbocycles. The number of benzene rings is 1.